The van der Waals surface area contributed by atoms with E-state index in [1.54, 1.807) is 32.0 Å². The molecule has 2 heterocycles. The average molecular weight is 1970 g/mol. The van der Waals surface area contributed by atoms with Crippen LogP contribution in [0.1, 0.15) is 188 Å². The van der Waals surface area contributed by atoms with Crippen LogP contribution < -0.4 is 16.8 Å². The van der Waals surface area contributed by atoms with Crippen LogP contribution in [-0.4, -0.2) is 202 Å². The Kier molecular flexibility index (Phi) is 27.1. The van der Waals surface area contributed by atoms with Gasteiger partial charge in [-0.05, 0) is 240 Å². The van der Waals surface area contributed by atoms with Crippen LogP contribution in [0.3, 0.4) is 0 Å². The third-order valence-electron chi connectivity index (χ3n) is 34.5. The van der Waals surface area contributed by atoms with Gasteiger partial charge in [0.05, 0.1) is 36.6 Å². The van der Waals surface area contributed by atoms with E-state index < -0.39 is 236 Å². The first-order valence-electron chi connectivity index (χ1n) is 48.5. The Labute approximate surface area is 824 Å². The van der Waals surface area contributed by atoms with Gasteiger partial charge in [-0.2, -0.15) is 0 Å². The summed E-state index contributed by atoms with van der Waals surface area (Å²) >= 11 is 0. The van der Waals surface area contributed by atoms with E-state index in [-0.39, 0.29) is 74.5 Å². The molecule has 0 spiro atoms. The number of nitrogens with one attached hydrogen (secondary N) is 1. The van der Waals surface area contributed by atoms with Crippen molar-refractivity contribution in [3.63, 3.8) is 0 Å². The summed E-state index contributed by atoms with van der Waals surface area (Å²) in [5.41, 5.74) is -0.154. The summed E-state index contributed by atoms with van der Waals surface area (Å²) in [5, 5.41) is 88.4. The molecule has 14 aliphatic rings. The standard InChI is InChI=1S/2C36H37F2NO6.C21H26F2O6.C20H21NO3/c2*1-33-13-12-24(41)15-27(33)28(37)16-26-25-17-31-36(30(43)19-40,34(25,2)18-29(42)35(26,33)38)45-32(44-31)22-10-8-20(9-11-22)6-7-21-4-3-5-23(39)14-21;1-18-4-3-10(25)5-13(18)14(22)6-12-11-7-15(26)21(29,17(28)9-24)19(11,2)8-16(27)20(12,18)23;1-20(2,3)24-19(23)21-18-6-4-5-16(13-18)10-7-15-8-11-17(14-22)12-9-15/h2*3-15,25-26,28-29,31-32,40,42H,16-19,39H2,1-2H3;3-5,11-12,14-16,24,26-27,29H,6-9H2,1-2H3;4-14H,1-3H3,(H,21,23)/b2*7-6+;;10-7+/t25-,26?,28-,29-,31+,32+,33-,34-,35-,36+;25-,26?,28-,29-,31+,32-,33-,34-,35-,36+;11-,12?,14-,15+,16-,18-,19-,20-,21-;/m000./s1. The number of nitrogen functional groups attached to an aromatic ring is 2. The lowest BCUT2D eigenvalue weighted by Crippen LogP contribution is -2.70. The first kappa shape index (κ1) is 103. The molecule has 12 aliphatic carbocycles. The van der Waals surface area contributed by atoms with Gasteiger partial charge in [-0.1, -0.05) is 185 Å². The number of nitrogens with two attached hydrogens (primary N) is 2. The highest BCUT2D eigenvalue weighted by molar-refractivity contribution is 6.03. The highest BCUT2D eigenvalue weighted by Gasteiger charge is 2.84. The number of carbonyl (C=O) groups is 8. The Morgan fingerprint density at radius 2 is 0.762 bits per heavy atom. The van der Waals surface area contributed by atoms with Crippen LogP contribution in [0.5, 0.6) is 0 Å². The predicted molar refractivity (Wildman–Crippen MR) is 522 cm³/mol. The quantitative estimate of drug-likeness (QED) is 0.0185. The molecule has 13 N–H and O–H groups in total. The van der Waals surface area contributed by atoms with Crippen LogP contribution in [-0.2, 0) is 52.5 Å². The summed E-state index contributed by atoms with van der Waals surface area (Å²) in [6.45, 7) is 12.3. The fraction of sp³-hybridized carbons (Fsp3) is 0.451. The lowest BCUT2D eigenvalue weighted by atomic mass is 9.44. The molecule has 11 fully saturated rings. The molecule has 29 atom stereocenters. The Balaban J connectivity index is 0.000000135. The number of aliphatic hydroxyl groups is 8. The van der Waals surface area contributed by atoms with Gasteiger partial charge < -0.3 is 76.0 Å². The molecule has 20 rings (SSSR count). The van der Waals surface area contributed by atoms with E-state index in [1.807, 2.05) is 185 Å². The van der Waals surface area contributed by atoms with Gasteiger partial charge in [0.25, 0.3) is 0 Å². The molecule has 143 heavy (non-hydrogen) atoms. The molecule has 6 aromatic rings. The maximum absolute atomic E-state index is 17.5. The number of hydrogen-bond acceptors (Lipinski definition) is 23. The van der Waals surface area contributed by atoms with Gasteiger partial charge in [-0.15, -0.1) is 0 Å². The average Bonchev–Trinajstić information content (AvgIpc) is 1.49. The van der Waals surface area contributed by atoms with E-state index in [0.717, 1.165) is 64.0 Å². The number of ketones is 6. The van der Waals surface area contributed by atoms with Crippen LogP contribution in [0.4, 0.5) is 48.2 Å². The molecule has 2 aliphatic heterocycles. The maximum atomic E-state index is 17.5. The molecule has 0 radical (unpaired) electrons. The monoisotopic (exact) mass is 1970 g/mol. The Morgan fingerprint density at radius 1 is 0.434 bits per heavy atom. The fourth-order valence-electron chi connectivity index (χ4n) is 27.5. The minimum Gasteiger partial charge on any atom is -0.444 e. The number of aliphatic hydroxyl groups excluding tert-OH is 7. The Hall–Kier alpha value is -11.4. The van der Waals surface area contributed by atoms with E-state index in [1.165, 1.54) is 58.1 Å². The third kappa shape index (κ3) is 16.5. The number of alkyl halides is 6. The van der Waals surface area contributed by atoms with Crippen LogP contribution in [0.15, 0.2) is 217 Å². The Morgan fingerprint density at radius 3 is 1.11 bits per heavy atom. The number of Topliss-reactive ketones (excluding diaryl/α,β-unsaturated/α-hetero) is 3. The summed E-state index contributed by atoms with van der Waals surface area (Å²) in [6.07, 6.45) is 6.90. The zero-order valence-corrected chi connectivity index (χ0v) is 80.7. The number of ether oxygens (including phenoxy) is 5. The van der Waals surface area contributed by atoms with Crippen LogP contribution in [0.2, 0.25) is 0 Å². The second kappa shape index (κ2) is 37.6. The highest BCUT2D eigenvalue weighted by atomic mass is 19.2. The zero-order valence-electron chi connectivity index (χ0n) is 80.7. The first-order chi connectivity index (χ1) is 67.5. The lowest BCUT2D eigenvalue weighted by molar-refractivity contribution is -0.235. The van der Waals surface area contributed by atoms with Crippen molar-refractivity contribution >= 4 is 101 Å². The zero-order chi connectivity index (χ0) is 103. The molecule has 30 heteroatoms. The number of amides is 1. The summed E-state index contributed by atoms with van der Waals surface area (Å²) in [5.74, 6) is -8.61. The van der Waals surface area contributed by atoms with Gasteiger partial charge in [0.15, 0.2) is 81.1 Å². The third-order valence-corrected chi connectivity index (χ3v) is 34.5. The van der Waals surface area contributed by atoms with Gasteiger partial charge in [0.2, 0.25) is 0 Å². The number of fused-ring (bicyclic) bond motifs is 19. The number of benzene rings is 6. The molecule has 0 aromatic heterocycles. The predicted octanol–water partition coefficient (Wildman–Crippen LogP) is 15.7. The summed E-state index contributed by atoms with van der Waals surface area (Å²) in [6, 6.07) is 44.7. The van der Waals surface area contributed by atoms with E-state index in [2.05, 4.69) is 5.32 Å². The molecule has 2 saturated heterocycles. The van der Waals surface area contributed by atoms with Gasteiger partial charge in [0, 0.05) is 84.0 Å². The second-order valence-electron chi connectivity index (χ2n) is 43.1. The van der Waals surface area contributed by atoms with Crippen LogP contribution >= 0.6 is 0 Å². The SMILES string of the molecule is CC(C)(C)OC(=O)Nc1cccc(/C=C/c2ccc(C=O)cc2)c1.C[C@]12C=CC(=O)C=C1[C@@H](F)CC1[C@@H]3C[C@@H](O)[C@](O)(C(=O)CO)[C@@]3(C)C[C@H](O)[C@@]12F.C[C@]12C=CC(=O)C=C1[C@@H](F)CC1[C@@H]3C[C@H]4O[C@@H](c5ccc(/C=C/c6cccc(N)c6)cc5)O[C@@]4(C(=O)CO)[C@@]3(C)C[C@H](O)[C@@]12F.C[C@]12C=CC(=O)C=C1[C@@H](F)CC1[C@@H]3C[C@H]4O[C@H](c5ccc(/C=C/c6cccc(N)c6)cc5)O[C@@]4(C(=O)CO)[C@@]3(C)C[C@H](O)[C@@]12F. The van der Waals surface area contributed by atoms with Gasteiger partial charge in [0.1, 0.15) is 50.2 Å². The second-order valence-corrected chi connectivity index (χ2v) is 43.1. The number of aldehydes is 1. The molecule has 0 bridgehead atoms. The van der Waals surface area contributed by atoms with Crippen molar-refractivity contribution < 1.29 is 129 Å². The summed E-state index contributed by atoms with van der Waals surface area (Å²) in [7, 11) is 0. The molecule has 9 saturated carbocycles. The van der Waals surface area contributed by atoms with Crippen molar-refractivity contribution in [2.24, 2.45) is 68.0 Å². The number of carbonyl (C=O) groups excluding carboxylic acids is 8. The van der Waals surface area contributed by atoms with Gasteiger partial charge in [-0.25, -0.2) is 31.1 Å². The minimum absolute atomic E-state index is 0.0216. The first-order valence-corrected chi connectivity index (χ1v) is 48.5. The largest absolute Gasteiger partial charge is 0.444 e. The molecular formula is C113H121F6N3O21. The van der Waals surface area contributed by atoms with E-state index >= 15 is 26.3 Å². The van der Waals surface area contributed by atoms with Gasteiger partial charge in [-0.3, -0.25) is 38.9 Å². The molecule has 756 valence electrons. The maximum Gasteiger partial charge on any atom is 0.412 e. The van der Waals surface area contributed by atoms with Gasteiger partial charge >= 0.3 is 6.09 Å². The van der Waals surface area contributed by atoms with E-state index in [9.17, 15) is 79.2 Å². The lowest BCUT2D eigenvalue weighted by Gasteiger charge is -2.63. The Bertz CT molecular complexity index is 6110. The normalized spacial score (nSPS) is 39.1. The number of hydrogen-bond donors (Lipinski definition) is 11. The van der Waals surface area contributed by atoms with Crippen molar-refractivity contribution in [3.05, 3.63) is 267 Å². The molecular weight excluding hydrogens is 1850 g/mol. The number of rotatable bonds is 16. The molecule has 3 unspecified atom stereocenters. The number of anilines is 3. The van der Waals surface area contributed by atoms with Crippen molar-refractivity contribution in [2.45, 2.75) is 227 Å². The molecule has 6 aromatic carbocycles. The minimum atomic E-state index is -2.37. The fourth-order valence-corrected chi connectivity index (χ4v) is 27.5. The van der Waals surface area contributed by atoms with E-state index in [4.69, 9.17) is 35.2 Å². The van der Waals surface area contributed by atoms with Crippen molar-refractivity contribution in [2.75, 3.05) is 36.6 Å². The number of halogens is 6. The molecule has 24 nitrogen and oxygen atoms in total. The van der Waals surface area contributed by atoms with Crippen molar-refractivity contribution in [1.29, 1.82) is 0 Å². The van der Waals surface area contributed by atoms with Crippen LogP contribution in [0, 0.1) is 68.0 Å². The van der Waals surface area contributed by atoms with Crippen molar-refractivity contribution in [1.82, 2.24) is 0 Å². The van der Waals surface area contributed by atoms with Crippen molar-refractivity contribution in [3.8, 4) is 0 Å². The summed E-state index contributed by atoms with van der Waals surface area (Å²) in [4.78, 5) is 98.3. The highest BCUT2D eigenvalue weighted by Crippen LogP contribution is 2.77. The van der Waals surface area contributed by atoms with Crippen LogP contribution in [0.25, 0.3) is 36.5 Å². The number of allylic oxidation sites excluding steroid dienone is 12. The smallest absolute Gasteiger partial charge is 0.412 e. The molecule has 1 amide bonds. The topological polar surface area (TPSA) is 409 Å². The summed E-state index contributed by atoms with van der Waals surface area (Å²) < 4.78 is 130. The van der Waals surface area contributed by atoms with E-state index in [0.29, 0.717) is 33.8 Å².